The number of aromatic nitrogens is 1. The Morgan fingerprint density at radius 2 is 2.11 bits per heavy atom. The second-order valence-electron chi connectivity index (χ2n) is 4.58. The fourth-order valence-electron chi connectivity index (χ4n) is 1.41. The van der Waals surface area contributed by atoms with Crippen molar-refractivity contribution in [1.29, 1.82) is 0 Å². The summed E-state index contributed by atoms with van der Waals surface area (Å²) < 4.78 is 28.1. The van der Waals surface area contributed by atoms with Crippen molar-refractivity contribution in [2.45, 2.75) is 23.8 Å². The zero-order chi connectivity index (χ0) is 14.2. The average Bonchev–Trinajstić information content (AvgIpc) is 3.10. The van der Waals surface area contributed by atoms with E-state index in [1.807, 2.05) is 0 Å². The molecule has 2 rings (SSSR count). The number of sulfonamides is 1. The van der Waals surface area contributed by atoms with E-state index in [0.717, 1.165) is 19.0 Å². The van der Waals surface area contributed by atoms with Gasteiger partial charge in [0.25, 0.3) is 5.91 Å². The lowest BCUT2D eigenvalue weighted by atomic mass is 10.3. The maximum absolute atomic E-state index is 11.9. The Morgan fingerprint density at radius 3 is 2.58 bits per heavy atom. The maximum Gasteiger partial charge on any atom is 0.275 e. The van der Waals surface area contributed by atoms with Crippen LogP contribution in [0.5, 0.6) is 5.75 Å². The molecular formula is C11H15N3O4S. The number of hydrogen-bond donors (Lipinski definition) is 1. The predicted octanol–water partition coefficient (Wildman–Crippen LogP) is -0.0280. The highest BCUT2D eigenvalue weighted by Gasteiger charge is 2.28. The quantitative estimate of drug-likeness (QED) is 0.837. The summed E-state index contributed by atoms with van der Waals surface area (Å²) >= 11 is 0. The molecule has 1 heterocycles. The van der Waals surface area contributed by atoms with E-state index in [1.165, 1.54) is 11.0 Å². The smallest absolute Gasteiger partial charge is 0.275 e. The summed E-state index contributed by atoms with van der Waals surface area (Å²) in [7, 11) is -0.707. The molecule has 0 radical (unpaired) electrons. The number of pyridine rings is 1. The van der Waals surface area contributed by atoms with Gasteiger partial charge in [0.1, 0.15) is 4.90 Å². The van der Waals surface area contributed by atoms with Gasteiger partial charge in [-0.3, -0.25) is 4.79 Å². The number of ether oxygens (including phenoxy) is 1. The van der Waals surface area contributed by atoms with Crippen molar-refractivity contribution < 1.29 is 17.9 Å². The molecule has 0 aromatic carbocycles. The average molecular weight is 285 g/mol. The number of primary sulfonamides is 1. The van der Waals surface area contributed by atoms with Crippen LogP contribution in [0.25, 0.3) is 0 Å². The van der Waals surface area contributed by atoms with E-state index in [0.29, 0.717) is 0 Å². The van der Waals surface area contributed by atoms with E-state index in [9.17, 15) is 13.2 Å². The molecule has 19 heavy (non-hydrogen) atoms. The Kier molecular flexibility index (Phi) is 3.46. The number of amides is 1. The van der Waals surface area contributed by atoms with Gasteiger partial charge < -0.3 is 9.64 Å². The number of hydrogen-bond acceptors (Lipinski definition) is 5. The Hall–Kier alpha value is -1.67. The minimum Gasteiger partial charge on any atom is -0.488 e. The standard InChI is InChI=1S/C11H15N3O4S/c1-14(2)11(15)10-9(18-7-3-4-7)5-8(6-13-10)19(12,16)17/h5-7H,3-4H2,1-2H3,(H2,12,16,17). The van der Waals surface area contributed by atoms with Crippen molar-refractivity contribution in [3.8, 4) is 5.75 Å². The molecule has 0 spiro atoms. The van der Waals surface area contributed by atoms with E-state index in [-0.39, 0.29) is 28.4 Å². The first-order chi connectivity index (χ1) is 8.79. The first-order valence-corrected chi connectivity index (χ1v) is 7.25. The summed E-state index contributed by atoms with van der Waals surface area (Å²) in [4.78, 5) is 17.0. The Labute approximate surface area is 111 Å². The SMILES string of the molecule is CN(C)C(=O)c1ncc(S(N)(=O)=O)cc1OC1CC1. The van der Waals surface area contributed by atoms with Crippen molar-refractivity contribution in [2.75, 3.05) is 14.1 Å². The van der Waals surface area contributed by atoms with Gasteiger partial charge in [-0.05, 0) is 12.8 Å². The van der Waals surface area contributed by atoms with Crippen LogP contribution in [0.3, 0.4) is 0 Å². The first-order valence-electron chi connectivity index (χ1n) is 5.70. The van der Waals surface area contributed by atoms with Crippen LogP contribution in [-0.2, 0) is 10.0 Å². The molecule has 1 amide bonds. The van der Waals surface area contributed by atoms with E-state index in [4.69, 9.17) is 9.88 Å². The highest BCUT2D eigenvalue weighted by Crippen LogP contribution is 2.30. The first kappa shape index (κ1) is 13.8. The molecule has 1 aromatic heterocycles. The number of rotatable bonds is 4. The third kappa shape index (κ3) is 3.21. The van der Waals surface area contributed by atoms with Gasteiger partial charge in [-0.25, -0.2) is 18.5 Å². The zero-order valence-electron chi connectivity index (χ0n) is 10.7. The lowest BCUT2D eigenvalue weighted by Crippen LogP contribution is -2.24. The number of carbonyl (C=O) groups is 1. The highest BCUT2D eigenvalue weighted by atomic mass is 32.2. The molecule has 0 unspecified atom stereocenters. The molecule has 1 fully saturated rings. The molecule has 1 aromatic rings. The predicted molar refractivity (Wildman–Crippen MR) is 67.3 cm³/mol. The second-order valence-corrected chi connectivity index (χ2v) is 6.14. The van der Waals surface area contributed by atoms with Crippen molar-refractivity contribution in [2.24, 2.45) is 5.14 Å². The zero-order valence-corrected chi connectivity index (χ0v) is 11.5. The minimum absolute atomic E-state index is 0.0197. The van der Waals surface area contributed by atoms with E-state index in [1.54, 1.807) is 14.1 Å². The molecule has 0 saturated heterocycles. The number of nitrogens with zero attached hydrogens (tertiary/aromatic N) is 2. The summed E-state index contributed by atoms with van der Waals surface area (Å²) in [6.07, 6.45) is 2.85. The third-order valence-electron chi connectivity index (χ3n) is 2.58. The van der Waals surface area contributed by atoms with Crippen LogP contribution in [0.15, 0.2) is 17.2 Å². The monoisotopic (exact) mass is 285 g/mol. The Balaban J connectivity index is 2.44. The van der Waals surface area contributed by atoms with Crippen LogP contribution in [0.1, 0.15) is 23.3 Å². The van der Waals surface area contributed by atoms with Crippen molar-refractivity contribution >= 4 is 15.9 Å². The van der Waals surface area contributed by atoms with Gasteiger partial charge in [-0.2, -0.15) is 0 Å². The molecule has 2 N–H and O–H groups in total. The summed E-state index contributed by atoms with van der Waals surface area (Å²) in [6, 6.07) is 1.25. The molecule has 7 nitrogen and oxygen atoms in total. The van der Waals surface area contributed by atoms with E-state index >= 15 is 0 Å². The molecule has 8 heteroatoms. The van der Waals surface area contributed by atoms with Crippen LogP contribution in [-0.4, -0.2) is 44.4 Å². The molecule has 0 bridgehead atoms. The molecule has 1 aliphatic carbocycles. The fraction of sp³-hybridized carbons (Fsp3) is 0.455. The van der Waals surface area contributed by atoms with E-state index < -0.39 is 10.0 Å². The van der Waals surface area contributed by atoms with Crippen molar-refractivity contribution in [3.05, 3.63) is 18.0 Å². The molecule has 1 saturated carbocycles. The summed E-state index contributed by atoms with van der Waals surface area (Å²) in [5.74, 6) is -0.190. The van der Waals surface area contributed by atoms with Gasteiger partial charge in [0.2, 0.25) is 10.0 Å². The Morgan fingerprint density at radius 1 is 1.47 bits per heavy atom. The summed E-state index contributed by atoms with van der Waals surface area (Å²) in [6.45, 7) is 0. The Bertz CT molecular complexity index is 608. The van der Waals surface area contributed by atoms with Gasteiger partial charge in [0.15, 0.2) is 11.4 Å². The molecule has 104 valence electrons. The van der Waals surface area contributed by atoms with Gasteiger partial charge in [0.05, 0.1) is 6.10 Å². The molecule has 1 aliphatic rings. The molecule has 0 aliphatic heterocycles. The second kappa shape index (κ2) is 4.78. The highest BCUT2D eigenvalue weighted by molar-refractivity contribution is 7.89. The van der Waals surface area contributed by atoms with Gasteiger partial charge in [-0.1, -0.05) is 0 Å². The lowest BCUT2D eigenvalue weighted by molar-refractivity contribution is 0.0816. The topological polar surface area (TPSA) is 103 Å². The molecule has 0 atom stereocenters. The number of carbonyl (C=O) groups excluding carboxylic acids is 1. The third-order valence-corrected chi connectivity index (χ3v) is 3.46. The fourth-order valence-corrected chi connectivity index (χ4v) is 1.88. The van der Waals surface area contributed by atoms with Crippen LogP contribution >= 0.6 is 0 Å². The van der Waals surface area contributed by atoms with Gasteiger partial charge >= 0.3 is 0 Å². The maximum atomic E-state index is 11.9. The van der Waals surface area contributed by atoms with Crippen LogP contribution in [0.4, 0.5) is 0 Å². The van der Waals surface area contributed by atoms with Crippen LogP contribution < -0.4 is 9.88 Å². The molecular weight excluding hydrogens is 270 g/mol. The summed E-state index contributed by atoms with van der Waals surface area (Å²) in [5, 5.41) is 5.04. The summed E-state index contributed by atoms with van der Waals surface area (Å²) in [5.41, 5.74) is 0.0873. The normalized spacial score (nSPS) is 15.1. The van der Waals surface area contributed by atoms with E-state index in [2.05, 4.69) is 4.98 Å². The van der Waals surface area contributed by atoms with Gasteiger partial charge in [-0.15, -0.1) is 0 Å². The number of nitrogens with two attached hydrogens (primary N) is 1. The lowest BCUT2D eigenvalue weighted by Gasteiger charge is -2.14. The van der Waals surface area contributed by atoms with Crippen LogP contribution in [0.2, 0.25) is 0 Å². The largest absolute Gasteiger partial charge is 0.488 e. The van der Waals surface area contributed by atoms with Crippen LogP contribution in [0, 0.1) is 0 Å². The van der Waals surface area contributed by atoms with Crippen molar-refractivity contribution in [1.82, 2.24) is 9.88 Å². The van der Waals surface area contributed by atoms with Gasteiger partial charge in [0, 0.05) is 26.4 Å². The van der Waals surface area contributed by atoms with Crippen molar-refractivity contribution in [3.63, 3.8) is 0 Å². The minimum atomic E-state index is -3.87.